The Labute approximate surface area is 136 Å². The quantitative estimate of drug-likeness (QED) is 0.857. The molecule has 6 nitrogen and oxygen atoms in total. The molecule has 0 aromatic carbocycles. The normalized spacial score (nSPS) is 26.1. The third-order valence-corrected chi connectivity index (χ3v) is 4.88. The highest BCUT2D eigenvalue weighted by Crippen LogP contribution is 2.31. The van der Waals surface area contributed by atoms with Gasteiger partial charge in [-0.1, -0.05) is 19.3 Å². The first-order valence-electron chi connectivity index (χ1n) is 8.62. The summed E-state index contributed by atoms with van der Waals surface area (Å²) in [5.74, 6) is -0.0814. The van der Waals surface area contributed by atoms with Crippen molar-refractivity contribution in [2.24, 2.45) is 5.92 Å². The molecule has 2 aliphatic rings. The van der Waals surface area contributed by atoms with E-state index in [1.54, 1.807) is 12.4 Å². The number of hydrogen-bond acceptors (Lipinski definition) is 4. The van der Waals surface area contributed by atoms with Gasteiger partial charge < -0.3 is 10.2 Å². The Morgan fingerprint density at radius 3 is 2.83 bits per heavy atom. The van der Waals surface area contributed by atoms with Gasteiger partial charge in [0.15, 0.2) is 0 Å². The van der Waals surface area contributed by atoms with Gasteiger partial charge in [-0.25, -0.2) is 4.98 Å². The van der Waals surface area contributed by atoms with Crippen LogP contribution in [0.25, 0.3) is 0 Å². The number of carbonyl (C=O) groups is 2. The molecule has 6 heteroatoms. The van der Waals surface area contributed by atoms with Gasteiger partial charge in [0.05, 0.1) is 12.1 Å². The molecular formula is C17H24N4O2. The Balaban J connectivity index is 1.84. The van der Waals surface area contributed by atoms with Gasteiger partial charge in [0.25, 0.3) is 5.91 Å². The van der Waals surface area contributed by atoms with E-state index in [2.05, 4.69) is 15.3 Å². The molecule has 1 aromatic rings. The minimum Gasteiger partial charge on any atom is -0.356 e. The number of aromatic nitrogens is 2. The maximum atomic E-state index is 12.9. The second kappa shape index (κ2) is 7.53. The lowest BCUT2D eigenvalue weighted by Gasteiger charge is -2.32. The van der Waals surface area contributed by atoms with E-state index in [4.69, 9.17) is 0 Å². The zero-order valence-corrected chi connectivity index (χ0v) is 13.4. The topological polar surface area (TPSA) is 75.2 Å². The van der Waals surface area contributed by atoms with Crippen LogP contribution in [0.4, 0.5) is 0 Å². The summed E-state index contributed by atoms with van der Waals surface area (Å²) in [5, 5.41) is 3.05. The van der Waals surface area contributed by atoms with E-state index in [0.29, 0.717) is 12.2 Å². The molecule has 1 saturated carbocycles. The van der Waals surface area contributed by atoms with Crippen molar-refractivity contribution in [1.29, 1.82) is 0 Å². The van der Waals surface area contributed by atoms with Crippen molar-refractivity contribution in [1.82, 2.24) is 20.2 Å². The highest BCUT2D eigenvalue weighted by atomic mass is 16.2. The fraction of sp³-hybridized carbons (Fsp3) is 0.647. The van der Waals surface area contributed by atoms with E-state index < -0.39 is 0 Å². The fourth-order valence-corrected chi connectivity index (χ4v) is 3.70. The molecule has 2 heterocycles. The van der Waals surface area contributed by atoms with Crippen LogP contribution < -0.4 is 5.32 Å². The molecule has 0 spiro atoms. The number of nitrogens with one attached hydrogen (secondary N) is 1. The summed E-state index contributed by atoms with van der Waals surface area (Å²) in [5.41, 5.74) is 0.369. The largest absolute Gasteiger partial charge is 0.356 e. The third kappa shape index (κ3) is 3.68. The molecule has 0 bridgehead atoms. The number of rotatable bonds is 1. The zero-order valence-electron chi connectivity index (χ0n) is 13.4. The molecule has 1 aliphatic heterocycles. The molecular weight excluding hydrogens is 292 g/mol. The lowest BCUT2D eigenvalue weighted by atomic mass is 10.00. The van der Waals surface area contributed by atoms with Crippen LogP contribution in [-0.4, -0.2) is 45.8 Å². The van der Waals surface area contributed by atoms with Crippen molar-refractivity contribution in [3.63, 3.8) is 0 Å². The van der Waals surface area contributed by atoms with Crippen molar-refractivity contribution in [2.45, 2.75) is 51.0 Å². The predicted molar refractivity (Wildman–Crippen MR) is 85.7 cm³/mol. The van der Waals surface area contributed by atoms with Crippen LogP contribution in [0.15, 0.2) is 18.6 Å². The number of fused-ring (bicyclic) bond motifs is 1. The van der Waals surface area contributed by atoms with Gasteiger partial charge in [-0.2, -0.15) is 0 Å². The number of hydrogen-bond donors (Lipinski definition) is 1. The summed E-state index contributed by atoms with van der Waals surface area (Å²) in [4.78, 5) is 35.4. The molecule has 1 aromatic heterocycles. The van der Waals surface area contributed by atoms with E-state index in [0.717, 1.165) is 51.5 Å². The van der Waals surface area contributed by atoms with Gasteiger partial charge in [0.2, 0.25) is 5.91 Å². The SMILES string of the molecule is O=C1NCCCCCCN(C(=O)c2cnccn2)[C@H]2CCC[C@@H]12. The molecule has 2 amide bonds. The van der Waals surface area contributed by atoms with Gasteiger partial charge in [-0.3, -0.25) is 14.6 Å². The monoisotopic (exact) mass is 316 g/mol. The molecule has 1 saturated heterocycles. The lowest BCUT2D eigenvalue weighted by Crippen LogP contribution is -2.47. The van der Waals surface area contributed by atoms with Gasteiger partial charge >= 0.3 is 0 Å². The standard InChI is InChI=1S/C17H24N4O2/c22-16-13-6-5-7-15(13)21(11-4-2-1-3-8-20-16)17(23)14-12-18-9-10-19-14/h9-10,12-13,15H,1-8,11H2,(H,20,22)/t13-,15+/m1/s1. The molecule has 3 rings (SSSR count). The molecule has 1 N–H and O–H groups in total. The summed E-state index contributed by atoms with van der Waals surface area (Å²) >= 11 is 0. The molecule has 23 heavy (non-hydrogen) atoms. The maximum absolute atomic E-state index is 12.9. The summed E-state index contributed by atoms with van der Waals surface area (Å²) in [6, 6.07) is -0.0115. The summed E-state index contributed by atoms with van der Waals surface area (Å²) in [6.07, 6.45) is 11.5. The van der Waals surface area contributed by atoms with Crippen LogP contribution in [0.1, 0.15) is 55.4 Å². The smallest absolute Gasteiger partial charge is 0.274 e. The molecule has 124 valence electrons. The Kier molecular flexibility index (Phi) is 5.20. The van der Waals surface area contributed by atoms with E-state index in [1.807, 2.05) is 4.90 Å². The molecule has 1 aliphatic carbocycles. The van der Waals surface area contributed by atoms with Crippen LogP contribution in [-0.2, 0) is 4.79 Å². The van der Waals surface area contributed by atoms with E-state index >= 15 is 0 Å². The van der Waals surface area contributed by atoms with Crippen molar-refractivity contribution < 1.29 is 9.59 Å². The van der Waals surface area contributed by atoms with Crippen molar-refractivity contribution in [3.8, 4) is 0 Å². The molecule has 2 atom stereocenters. The minimum atomic E-state index is -0.0953. The van der Waals surface area contributed by atoms with Gasteiger partial charge in [0, 0.05) is 31.5 Å². The third-order valence-electron chi connectivity index (χ3n) is 4.88. The van der Waals surface area contributed by atoms with Crippen LogP contribution in [0.3, 0.4) is 0 Å². The first-order chi connectivity index (χ1) is 11.3. The highest BCUT2D eigenvalue weighted by molar-refractivity contribution is 5.93. The van der Waals surface area contributed by atoms with Crippen molar-refractivity contribution in [2.75, 3.05) is 13.1 Å². The highest BCUT2D eigenvalue weighted by Gasteiger charge is 2.39. The Bertz CT molecular complexity index is 549. The van der Waals surface area contributed by atoms with Crippen LogP contribution in [0.2, 0.25) is 0 Å². The van der Waals surface area contributed by atoms with Gasteiger partial charge in [0.1, 0.15) is 5.69 Å². The minimum absolute atomic E-state index is 0.0115. The van der Waals surface area contributed by atoms with Crippen LogP contribution >= 0.6 is 0 Å². The van der Waals surface area contributed by atoms with Gasteiger partial charge in [-0.05, 0) is 25.7 Å². The van der Waals surface area contributed by atoms with Gasteiger partial charge in [-0.15, -0.1) is 0 Å². The number of amides is 2. The van der Waals surface area contributed by atoms with Crippen LogP contribution in [0, 0.1) is 5.92 Å². The van der Waals surface area contributed by atoms with Crippen LogP contribution in [0.5, 0.6) is 0 Å². The Hall–Kier alpha value is -1.98. The van der Waals surface area contributed by atoms with E-state index in [1.165, 1.54) is 6.20 Å². The molecule has 2 fully saturated rings. The zero-order chi connectivity index (χ0) is 16.1. The summed E-state index contributed by atoms with van der Waals surface area (Å²) in [7, 11) is 0. The van der Waals surface area contributed by atoms with Crippen molar-refractivity contribution >= 4 is 11.8 Å². The van der Waals surface area contributed by atoms with Crippen molar-refractivity contribution in [3.05, 3.63) is 24.3 Å². The molecule has 0 radical (unpaired) electrons. The second-order valence-corrected chi connectivity index (χ2v) is 6.40. The Morgan fingerprint density at radius 2 is 2.00 bits per heavy atom. The second-order valence-electron chi connectivity index (χ2n) is 6.40. The lowest BCUT2D eigenvalue weighted by molar-refractivity contribution is -0.126. The average Bonchev–Trinajstić information content (AvgIpc) is 3.05. The predicted octanol–water partition coefficient (Wildman–Crippen LogP) is 1.78. The Morgan fingerprint density at radius 1 is 1.13 bits per heavy atom. The fourth-order valence-electron chi connectivity index (χ4n) is 3.70. The first kappa shape index (κ1) is 15.9. The van der Waals surface area contributed by atoms with E-state index in [9.17, 15) is 9.59 Å². The number of nitrogens with zero attached hydrogens (tertiary/aromatic N) is 3. The first-order valence-corrected chi connectivity index (χ1v) is 8.62. The summed E-state index contributed by atoms with van der Waals surface area (Å²) < 4.78 is 0. The number of carbonyl (C=O) groups excluding carboxylic acids is 2. The summed E-state index contributed by atoms with van der Waals surface area (Å²) in [6.45, 7) is 1.45. The van der Waals surface area contributed by atoms with E-state index in [-0.39, 0.29) is 23.8 Å². The average molecular weight is 316 g/mol. The maximum Gasteiger partial charge on any atom is 0.274 e. The molecule has 0 unspecified atom stereocenters.